The van der Waals surface area contributed by atoms with E-state index >= 15 is 0 Å². The molecule has 4 rings (SSSR count). The number of furan rings is 1. The number of anilines is 1. The molecule has 0 aliphatic rings. The zero-order valence-electron chi connectivity index (χ0n) is 14.7. The molecule has 0 fully saturated rings. The summed E-state index contributed by atoms with van der Waals surface area (Å²) in [6.07, 6.45) is 1.58. The number of amides is 1. The van der Waals surface area contributed by atoms with Gasteiger partial charge in [-0.1, -0.05) is 35.1 Å². The van der Waals surface area contributed by atoms with Crippen LogP contribution in [-0.2, 0) is 6.54 Å². The fraction of sp³-hybridized carbons (Fsp3) is 0.100. The number of carbonyl (C=O) groups is 1. The Morgan fingerprint density at radius 1 is 1.25 bits per heavy atom. The van der Waals surface area contributed by atoms with E-state index < -0.39 is 0 Å². The number of methoxy groups -OCH3 is 1. The summed E-state index contributed by atoms with van der Waals surface area (Å²) >= 11 is 11.1. The molecule has 0 spiro atoms. The average molecular weight is 478 g/mol. The standard InChI is InChI=1S/C20H14BrClN2O3S/c1-26-16-9-8-15(22)18-17(16)23-20(28-18)24(11-12-5-4-10-27-12)19(25)13-6-2-3-7-14(13)21/h2-10H,11H2,1H3. The fourth-order valence-electron chi connectivity index (χ4n) is 2.79. The van der Waals surface area contributed by atoms with Crippen molar-refractivity contribution in [1.82, 2.24) is 4.98 Å². The number of hydrogen-bond acceptors (Lipinski definition) is 5. The molecule has 142 valence electrons. The minimum absolute atomic E-state index is 0.196. The number of ether oxygens (including phenoxy) is 1. The predicted molar refractivity (Wildman–Crippen MR) is 115 cm³/mol. The molecule has 0 aliphatic carbocycles. The van der Waals surface area contributed by atoms with Crippen molar-refractivity contribution in [1.29, 1.82) is 0 Å². The van der Waals surface area contributed by atoms with Crippen molar-refractivity contribution in [2.45, 2.75) is 6.54 Å². The highest BCUT2D eigenvalue weighted by atomic mass is 79.9. The zero-order valence-corrected chi connectivity index (χ0v) is 17.8. The molecular weight excluding hydrogens is 464 g/mol. The van der Waals surface area contributed by atoms with E-state index in [4.69, 9.17) is 20.8 Å². The summed E-state index contributed by atoms with van der Waals surface area (Å²) in [6.45, 7) is 0.243. The molecule has 0 N–H and O–H groups in total. The second kappa shape index (κ2) is 7.95. The number of hydrogen-bond donors (Lipinski definition) is 0. The second-order valence-corrected chi connectivity index (χ2v) is 8.11. The van der Waals surface area contributed by atoms with Crippen molar-refractivity contribution < 1.29 is 13.9 Å². The number of rotatable bonds is 5. The average Bonchev–Trinajstić information content (AvgIpc) is 3.36. The summed E-state index contributed by atoms with van der Waals surface area (Å²) in [6, 6.07) is 14.4. The van der Waals surface area contributed by atoms with Gasteiger partial charge in [0.05, 0.1) is 35.2 Å². The first-order valence-electron chi connectivity index (χ1n) is 8.30. The van der Waals surface area contributed by atoms with Crippen molar-refractivity contribution in [2.24, 2.45) is 0 Å². The molecule has 4 aromatic rings. The minimum Gasteiger partial charge on any atom is -0.494 e. The van der Waals surface area contributed by atoms with Gasteiger partial charge in [0.15, 0.2) is 5.13 Å². The number of benzene rings is 2. The Kier molecular flexibility index (Phi) is 5.39. The molecule has 8 heteroatoms. The van der Waals surface area contributed by atoms with E-state index in [0.29, 0.717) is 37.2 Å². The lowest BCUT2D eigenvalue weighted by Crippen LogP contribution is -2.30. The van der Waals surface area contributed by atoms with Crippen LogP contribution in [0.4, 0.5) is 5.13 Å². The minimum atomic E-state index is -0.196. The maximum absolute atomic E-state index is 13.4. The Morgan fingerprint density at radius 2 is 2.07 bits per heavy atom. The molecule has 0 radical (unpaired) electrons. The Morgan fingerprint density at radius 3 is 2.79 bits per heavy atom. The third-order valence-corrected chi connectivity index (χ3v) is 6.37. The monoisotopic (exact) mass is 476 g/mol. The lowest BCUT2D eigenvalue weighted by atomic mass is 10.2. The summed E-state index contributed by atoms with van der Waals surface area (Å²) in [4.78, 5) is 19.6. The van der Waals surface area contributed by atoms with Crippen LogP contribution in [0.5, 0.6) is 5.75 Å². The molecule has 0 saturated carbocycles. The van der Waals surface area contributed by atoms with Gasteiger partial charge >= 0.3 is 0 Å². The van der Waals surface area contributed by atoms with Gasteiger partial charge in [-0.05, 0) is 52.3 Å². The van der Waals surface area contributed by atoms with Gasteiger partial charge in [0.1, 0.15) is 17.0 Å². The fourth-order valence-corrected chi connectivity index (χ4v) is 4.49. The van der Waals surface area contributed by atoms with E-state index in [1.807, 2.05) is 24.3 Å². The van der Waals surface area contributed by atoms with Crippen molar-refractivity contribution in [3.05, 3.63) is 75.6 Å². The summed E-state index contributed by atoms with van der Waals surface area (Å²) in [5, 5.41) is 1.07. The largest absolute Gasteiger partial charge is 0.494 e. The highest BCUT2D eigenvalue weighted by Crippen LogP contribution is 2.39. The molecule has 0 saturated heterocycles. The van der Waals surface area contributed by atoms with Crippen LogP contribution in [0.3, 0.4) is 0 Å². The van der Waals surface area contributed by atoms with E-state index in [1.165, 1.54) is 11.3 Å². The second-order valence-electron chi connectivity index (χ2n) is 5.87. The van der Waals surface area contributed by atoms with Crippen molar-refractivity contribution in [3.63, 3.8) is 0 Å². The van der Waals surface area contributed by atoms with E-state index in [1.54, 1.807) is 42.5 Å². The van der Waals surface area contributed by atoms with E-state index in [-0.39, 0.29) is 12.5 Å². The Balaban J connectivity index is 1.84. The molecular formula is C20H14BrClN2O3S. The highest BCUT2D eigenvalue weighted by Gasteiger charge is 2.25. The van der Waals surface area contributed by atoms with E-state index in [9.17, 15) is 4.79 Å². The molecule has 2 aromatic heterocycles. The molecule has 0 unspecified atom stereocenters. The number of thiazole rings is 1. The molecule has 5 nitrogen and oxygen atoms in total. The summed E-state index contributed by atoms with van der Waals surface area (Å²) < 4.78 is 12.3. The third-order valence-electron chi connectivity index (χ3n) is 4.14. The third kappa shape index (κ3) is 3.53. The lowest BCUT2D eigenvalue weighted by molar-refractivity contribution is 0.0982. The number of nitrogens with zero attached hydrogens (tertiary/aromatic N) is 2. The van der Waals surface area contributed by atoms with E-state index in [2.05, 4.69) is 20.9 Å². The summed E-state index contributed by atoms with van der Waals surface area (Å²) in [5.41, 5.74) is 1.16. The van der Waals surface area contributed by atoms with Crippen LogP contribution in [0.25, 0.3) is 10.2 Å². The van der Waals surface area contributed by atoms with Crippen LogP contribution in [0.15, 0.2) is 63.7 Å². The number of carbonyl (C=O) groups excluding carboxylic acids is 1. The number of aromatic nitrogens is 1. The maximum Gasteiger partial charge on any atom is 0.261 e. The van der Waals surface area contributed by atoms with E-state index in [0.717, 1.165) is 4.70 Å². The van der Waals surface area contributed by atoms with Crippen LogP contribution >= 0.6 is 38.9 Å². The predicted octanol–water partition coefficient (Wildman–Crippen LogP) is 6.16. The van der Waals surface area contributed by atoms with Gasteiger partial charge in [0.2, 0.25) is 0 Å². The Labute approximate surface area is 178 Å². The zero-order chi connectivity index (χ0) is 19.7. The van der Waals surface area contributed by atoms with Crippen molar-refractivity contribution in [2.75, 3.05) is 12.0 Å². The van der Waals surface area contributed by atoms with Gasteiger partial charge in [-0.25, -0.2) is 4.98 Å². The smallest absolute Gasteiger partial charge is 0.261 e. The maximum atomic E-state index is 13.4. The first-order chi connectivity index (χ1) is 13.6. The highest BCUT2D eigenvalue weighted by molar-refractivity contribution is 9.10. The first-order valence-corrected chi connectivity index (χ1v) is 10.3. The van der Waals surface area contributed by atoms with Gasteiger partial charge in [0.25, 0.3) is 5.91 Å². The summed E-state index contributed by atoms with van der Waals surface area (Å²) in [7, 11) is 1.58. The van der Waals surface area contributed by atoms with Crippen LogP contribution < -0.4 is 9.64 Å². The summed E-state index contributed by atoms with van der Waals surface area (Å²) in [5.74, 6) is 1.06. The SMILES string of the molecule is COc1ccc(Cl)c2sc(N(Cc3ccco3)C(=O)c3ccccc3Br)nc12. The number of fused-ring (bicyclic) bond motifs is 1. The van der Waals surface area contributed by atoms with Gasteiger partial charge in [-0.15, -0.1) is 0 Å². The molecule has 28 heavy (non-hydrogen) atoms. The van der Waals surface area contributed by atoms with Crippen molar-refractivity contribution >= 4 is 60.1 Å². The topological polar surface area (TPSA) is 55.6 Å². The van der Waals surface area contributed by atoms with Crippen LogP contribution in [0, 0.1) is 0 Å². The molecule has 0 bridgehead atoms. The normalized spacial score (nSPS) is 11.0. The number of halogens is 2. The first kappa shape index (κ1) is 19.0. The molecule has 1 amide bonds. The van der Waals surface area contributed by atoms with Crippen LogP contribution in [-0.4, -0.2) is 18.0 Å². The van der Waals surface area contributed by atoms with Gasteiger partial charge in [-0.3, -0.25) is 9.69 Å². The van der Waals surface area contributed by atoms with Gasteiger partial charge < -0.3 is 9.15 Å². The van der Waals surface area contributed by atoms with Crippen molar-refractivity contribution in [3.8, 4) is 5.75 Å². The van der Waals surface area contributed by atoms with Gasteiger partial charge in [0, 0.05) is 4.47 Å². The van der Waals surface area contributed by atoms with Crippen LogP contribution in [0.2, 0.25) is 5.02 Å². The van der Waals surface area contributed by atoms with Gasteiger partial charge in [-0.2, -0.15) is 0 Å². The molecule has 0 aliphatic heterocycles. The quantitative estimate of drug-likeness (QED) is 0.345. The van der Waals surface area contributed by atoms with Crippen LogP contribution in [0.1, 0.15) is 16.1 Å². The molecule has 2 aromatic carbocycles. The Hall–Kier alpha value is -2.35. The molecule has 2 heterocycles. The Bertz CT molecular complexity index is 1140. The lowest BCUT2D eigenvalue weighted by Gasteiger charge is -2.19. The molecule has 0 atom stereocenters.